The fourth-order valence-corrected chi connectivity index (χ4v) is 5.67. The van der Waals surface area contributed by atoms with Crippen LogP contribution in [0.25, 0.3) is 16.8 Å². The molecular weight excluding hydrogens is 570 g/mol. The van der Waals surface area contributed by atoms with E-state index < -0.39 is 29.6 Å². The number of benzene rings is 1. The summed E-state index contributed by atoms with van der Waals surface area (Å²) < 4.78 is 68.3. The lowest BCUT2D eigenvalue weighted by atomic mass is 10.0. The highest BCUT2D eigenvalue weighted by Gasteiger charge is 2.36. The number of aromatic nitrogens is 4. The minimum absolute atomic E-state index is 0.0719. The molecule has 0 unspecified atom stereocenters. The average molecular weight is 600 g/mol. The van der Waals surface area contributed by atoms with Gasteiger partial charge in [-0.3, -0.25) is 14.1 Å². The van der Waals surface area contributed by atoms with Gasteiger partial charge >= 0.3 is 6.18 Å². The maximum Gasteiger partial charge on any atom is 0.416 e. The largest absolute Gasteiger partial charge is 0.416 e. The summed E-state index contributed by atoms with van der Waals surface area (Å²) in [6, 6.07) is 5.77. The number of fused-ring (bicyclic) bond motifs is 1. The maximum absolute atomic E-state index is 15.6. The zero-order chi connectivity index (χ0) is 30.3. The van der Waals surface area contributed by atoms with Gasteiger partial charge in [-0.15, -0.1) is 0 Å². The molecule has 6 rings (SSSR count). The van der Waals surface area contributed by atoms with Crippen LogP contribution in [0.4, 0.5) is 29.2 Å². The van der Waals surface area contributed by atoms with Crippen LogP contribution in [0, 0.1) is 5.82 Å². The van der Waals surface area contributed by atoms with E-state index in [1.54, 1.807) is 10.6 Å². The first-order valence-electron chi connectivity index (χ1n) is 13.8. The SMILES string of the molecule is C[C@H]1CO[C@@H](c2nc(-c3ccc(C(=O)Nc4cc(C(F)(F)F)ccn4)cc3F)c3c(N)nccn23)CN1C1CCOCC1. The van der Waals surface area contributed by atoms with Crippen molar-refractivity contribution in [3.8, 4) is 11.3 Å². The van der Waals surface area contributed by atoms with E-state index in [4.69, 9.17) is 20.2 Å². The second-order valence-electron chi connectivity index (χ2n) is 10.6. The van der Waals surface area contributed by atoms with Crippen molar-refractivity contribution in [1.82, 2.24) is 24.3 Å². The molecule has 1 aromatic carbocycles. The molecule has 5 heterocycles. The van der Waals surface area contributed by atoms with E-state index in [1.165, 1.54) is 18.3 Å². The second kappa shape index (κ2) is 11.5. The van der Waals surface area contributed by atoms with Gasteiger partial charge in [-0.1, -0.05) is 0 Å². The Morgan fingerprint density at radius 3 is 2.65 bits per heavy atom. The van der Waals surface area contributed by atoms with E-state index >= 15 is 4.39 Å². The van der Waals surface area contributed by atoms with Crippen LogP contribution in [0.2, 0.25) is 0 Å². The van der Waals surface area contributed by atoms with Crippen LogP contribution in [0.15, 0.2) is 48.9 Å². The third-order valence-corrected chi connectivity index (χ3v) is 7.85. The first-order valence-corrected chi connectivity index (χ1v) is 13.8. The van der Waals surface area contributed by atoms with Crippen molar-refractivity contribution in [3.63, 3.8) is 0 Å². The molecule has 3 aromatic heterocycles. The third kappa shape index (κ3) is 5.77. The van der Waals surface area contributed by atoms with Crippen molar-refractivity contribution < 1.29 is 31.8 Å². The van der Waals surface area contributed by atoms with Crippen LogP contribution >= 0.6 is 0 Å². The van der Waals surface area contributed by atoms with Crippen LogP contribution < -0.4 is 11.1 Å². The lowest BCUT2D eigenvalue weighted by Crippen LogP contribution is -2.52. The topological polar surface area (TPSA) is 120 Å². The Morgan fingerprint density at radius 2 is 1.91 bits per heavy atom. The molecule has 226 valence electrons. The van der Waals surface area contributed by atoms with Gasteiger partial charge in [-0.25, -0.2) is 19.3 Å². The van der Waals surface area contributed by atoms with Crippen LogP contribution in [-0.2, 0) is 15.7 Å². The number of rotatable bonds is 5. The number of nitrogens with zero attached hydrogens (tertiary/aromatic N) is 5. The number of ether oxygens (including phenoxy) is 2. The van der Waals surface area contributed by atoms with Crippen molar-refractivity contribution in [2.75, 3.05) is 37.4 Å². The van der Waals surface area contributed by atoms with E-state index in [0.29, 0.717) is 49.8 Å². The fourth-order valence-electron chi connectivity index (χ4n) is 5.67. The normalized spacial score (nSPS) is 20.4. The van der Waals surface area contributed by atoms with Crippen molar-refractivity contribution in [1.29, 1.82) is 0 Å². The number of alkyl halides is 3. The third-order valence-electron chi connectivity index (χ3n) is 7.85. The first-order chi connectivity index (χ1) is 20.6. The van der Waals surface area contributed by atoms with E-state index in [-0.39, 0.29) is 34.5 Å². The molecule has 0 radical (unpaired) electrons. The number of halogens is 4. The number of anilines is 2. The molecule has 3 N–H and O–H groups in total. The Kier molecular flexibility index (Phi) is 7.75. The maximum atomic E-state index is 15.6. The van der Waals surface area contributed by atoms with E-state index in [0.717, 1.165) is 31.2 Å². The summed E-state index contributed by atoms with van der Waals surface area (Å²) in [6.45, 7) is 4.62. The van der Waals surface area contributed by atoms with Gasteiger partial charge in [0.1, 0.15) is 40.6 Å². The summed E-state index contributed by atoms with van der Waals surface area (Å²) in [7, 11) is 0. The lowest BCUT2D eigenvalue weighted by Gasteiger charge is -2.43. The minimum Gasteiger partial charge on any atom is -0.382 e. The number of nitrogen functional groups attached to an aromatic ring is 1. The Morgan fingerprint density at radius 1 is 1.12 bits per heavy atom. The fraction of sp³-hybridized carbons (Fsp3) is 0.379. The predicted octanol–water partition coefficient (Wildman–Crippen LogP) is 4.72. The number of carbonyl (C=O) groups excluding carboxylic acids is 1. The number of nitrogens with two attached hydrogens (primary N) is 1. The number of carbonyl (C=O) groups is 1. The molecule has 2 saturated heterocycles. The summed E-state index contributed by atoms with van der Waals surface area (Å²) in [4.78, 5) is 27.9. The van der Waals surface area contributed by atoms with Gasteiger partial charge in [-0.05, 0) is 50.1 Å². The molecule has 14 heteroatoms. The van der Waals surface area contributed by atoms with Crippen LogP contribution in [0.1, 0.15) is 47.6 Å². The van der Waals surface area contributed by atoms with Gasteiger partial charge in [-0.2, -0.15) is 13.2 Å². The van der Waals surface area contributed by atoms with Crippen LogP contribution in [-0.4, -0.2) is 68.6 Å². The number of pyridine rings is 1. The Balaban J connectivity index is 1.30. The number of morpholine rings is 1. The molecule has 0 saturated carbocycles. The van der Waals surface area contributed by atoms with E-state index in [9.17, 15) is 18.0 Å². The van der Waals surface area contributed by atoms with Crippen molar-refractivity contribution >= 4 is 23.1 Å². The number of hydrogen-bond acceptors (Lipinski definition) is 8. The number of hydrogen-bond donors (Lipinski definition) is 2. The number of imidazole rings is 1. The molecule has 10 nitrogen and oxygen atoms in total. The van der Waals surface area contributed by atoms with Crippen LogP contribution in [0.5, 0.6) is 0 Å². The van der Waals surface area contributed by atoms with E-state index in [1.807, 2.05) is 0 Å². The predicted molar refractivity (Wildman–Crippen MR) is 149 cm³/mol. The highest BCUT2D eigenvalue weighted by Crippen LogP contribution is 2.35. The zero-order valence-corrected chi connectivity index (χ0v) is 23.1. The summed E-state index contributed by atoms with van der Waals surface area (Å²) in [5.41, 5.74) is 5.85. The standard InChI is InChI=1S/C29H29F4N7O3/c1-16-15-43-22(14-40(16)19-5-10-42-11-6-19)27-38-24(25-26(34)36-8-9-39(25)27)20-3-2-17(12-21(20)30)28(41)37-23-13-18(4-7-35-23)29(31,32)33/h2-4,7-9,12-13,16,19,22H,5-6,10-11,14-15H2,1H3,(H2,34,36)(H,35,37,41)/t16-,22+/m0/s1. The zero-order valence-electron chi connectivity index (χ0n) is 23.1. The molecule has 2 atom stereocenters. The average Bonchev–Trinajstić information content (AvgIpc) is 3.38. The molecule has 0 spiro atoms. The van der Waals surface area contributed by atoms with Crippen molar-refractivity contribution in [2.45, 2.75) is 44.1 Å². The molecular formula is C29H29F4N7O3. The lowest BCUT2D eigenvalue weighted by molar-refractivity contribution is -0.137. The van der Waals surface area contributed by atoms with Crippen molar-refractivity contribution in [2.24, 2.45) is 0 Å². The van der Waals surface area contributed by atoms with Gasteiger partial charge in [0.2, 0.25) is 0 Å². The monoisotopic (exact) mass is 599 g/mol. The second-order valence-corrected chi connectivity index (χ2v) is 10.6. The van der Waals surface area contributed by atoms with Gasteiger partial charge < -0.3 is 20.5 Å². The summed E-state index contributed by atoms with van der Waals surface area (Å²) in [6.07, 6.45) is 0.983. The van der Waals surface area contributed by atoms with Crippen molar-refractivity contribution in [3.05, 3.63) is 71.7 Å². The summed E-state index contributed by atoms with van der Waals surface area (Å²) in [5, 5.41) is 2.28. The van der Waals surface area contributed by atoms with Gasteiger partial charge in [0.25, 0.3) is 5.91 Å². The molecule has 2 aliphatic rings. The summed E-state index contributed by atoms with van der Waals surface area (Å²) in [5.74, 6) is -1.24. The quantitative estimate of drug-likeness (QED) is 0.316. The first kappa shape index (κ1) is 29.0. The Hall–Kier alpha value is -4.14. The molecule has 0 aliphatic carbocycles. The van der Waals surface area contributed by atoms with Gasteiger partial charge in [0.15, 0.2) is 0 Å². The molecule has 1 amide bonds. The molecule has 2 aliphatic heterocycles. The van der Waals surface area contributed by atoms with Gasteiger partial charge in [0, 0.05) is 61.6 Å². The molecule has 2 fully saturated rings. The molecule has 43 heavy (non-hydrogen) atoms. The molecule has 0 bridgehead atoms. The smallest absolute Gasteiger partial charge is 0.382 e. The highest BCUT2D eigenvalue weighted by molar-refractivity contribution is 6.04. The number of nitrogens with one attached hydrogen (secondary N) is 1. The highest BCUT2D eigenvalue weighted by atomic mass is 19.4. The Labute approximate surface area is 243 Å². The number of amides is 1. The minimum atomic E-state index is -4.61. The summed E-state index contributed by atoms with van der Waals surface area (Å²) >= 11 is 0. The van der Waals surface area contributed by atoms with E-state index in [2.05, 4.69) is 27.1 Å². The molecule has 4 aromatic rings. The Bertz CT molecular complexity index is 1660. The van der Waals surface area contributed by atoms with Crippen LogP contribution in [0.3, 0.4) is 0 Å². The van der Waals surface area contributed by atoms with Gasteiger partial charge in [0.05, 0.1) is 12.2 Å².